The summed E-state index contributed by atoms with van der Waals surface area (Å²) >= 11 is 0. The van der Waals surface area contributed by atoms with Crippen molar-refractivity contribution >= 4 is 11.8 Å². The third kappa shape index (κ3) is 6.05. The van der Waals surface area contributed by atoms with Gasteiger partial charge in [-0.2, -0.15) is 0 Å². The molecule has 1 rings (SSSR count). The number of carbonyl (C=O) groups excluding carboxylic acids is 2. The molecule has 110 valence electrons. The van der Waals surface area contributed by atoms with E-state index < -0.39 is 0 Å². The smallest absolute Gasteiger partial charge is 0.242 e. The number of nitrogens with zero attached hydrogens (tertiary/aromatic N) is 2. The van der Waals surface area contributed by atoms with Crippen LogP contribution in [0.1, 0.15) is 39.0 Å². The van der Waals surface area contributed by atoms with Crippen molar-refractivity contribution in [1.82, 2.24) is 15.1 Å². The summed E-state index contributed by atoms with van der Waals surface area (Å²) in [6.45, 7) is 5.56. The van der Waals surface area contributed by atoms with Crippen molar-refractivity contribution in [3.63, 3.8) is 0 Å². The van der Waals surface area contributed by atoms with Crippen LogP contribution in [-0.2, 0) is 9.59 Å². The van der Waals surface area contributed by atoms with Gasteiger partial charge < -0.3 is 15.1 Å². The first-order chi connectivity index (χ1) is 9.15. The molecular weight excluding hydrogens is 242 g/mol. The van der Waals surface area contributed by atoms with Crippen LogP contribution in [0.3, 0.4) is 0 Å². The quantitative estimate of drug-likeness (QED) is 0.697. The molecule has 1 heterocycles. The summed E-state index contributed by atoms with van der Waals surface area (Å²) in [5.41, 5.74) is 0. The van der Waals surface area contributed by atoms with Crippen LogP contribution in [0.4, 0.5) is 0 Å². The zero-order chi connectivity index (χ0) is 14.1. The van der Waals surface area contributed by atoms with E-state index in [0.29, 0.717) is 6.42 Å². The van der Waals surface area contributed by atoms with Gasteiger partial charge in [-0.1, -0.05) is 26.2 Å². The van der Waals surface area contributed by atoms with E-state index in [1.807, 2.05) is 4.90 Å². The first-order valence-corrected chi connectivity index (χ1v) is 7.37. The minimum absolute atomic E-state index is 0.0610. The van der Waals surface area contributed by atoms with E-state index in [1.54, 1.807) is 11.9 Å². The van der Waals surface area contributed by atoms with E-state index in [0.717, 1.165) is 39.0 Å². The van der Waals surface area contributed by atoms with Gasteiger partial charge in [0.2, 0.25) is 11.8 Å². The van der Waals surface area contributed by atoms with Crippen molar-refractivity contribution in [2.75, 3.05) is 39.8 Å². The van der Waals surface area contributed by atoms with Crippen LogP contribution in [0.5, 0.6) is 0 Å². The van der Waals surface area contributed by atoms with Gasteiger partial charge in [-0.3, -0.25) is 9.59 Å². The Balaban J connectivity index is 2.22. The summed E-state index contributed by atoms with van der Waals surface area (Å²) < 4.78 is 0. The Bertz CT molecular complexity index is 288. The topological polar surface area (TPSA) is 52.7 Å². The average Bonchev–Trinajstić information content (AvgIpc) is 2.44. The van der Waals surface area contributed by atoms with Crippen molar-refractivity contribution in [3.05, 3.63) is 0 Å². The number of amides is 2. The Morgan fingerprint density at radius 2 is 1.84 bits per heavy atom. The number of piperazine rings is 1. The summed E-state index contributed by atoms with van der Waals surface area (Å²) in [6.07, 6.45) is 4.94. The van der Waals surface area contributed by atoms with Crippen LogP contribution in [0.15, 0.2) is 0 Å². The highest BCUT2D eigenvalue weighted by molar-refractivity contribution is 5.84. The molecule has 1 aliphatic heterocycles. The molecule has 0 radical (unpaired) electrons. The largest absolute Gasteiger partial charge is 0.339 e. The van der Waals surface area contributed by atoms with Gasteiger partial charge in [-0.15, -0.1) is 0 Å². The fraction of sp³-hybridized carbons (Fsp3) is 0.857. The first-order valence-electron chi connectivity index (χ1n) is 7.37. The number of carbonyl (C=O) groups is 2. The van der Waals surface area contributed by atoms with Crippen LogP contribution in [0.2, 0.25) is 0 Å². The Labute approximate surface area is 116 Å². The van der Waals surface area contributed by atoms with E-state index in [-0.39, 0.29) is 18.4 Å². The molecule has 0 aromatic heterocycles. The monoisotopic (exact) mass is 269 g/mol. The molecule has 0 aromatic carbocycles. The zero-order valence-electron chi connectivity index (χ0n) is 12.3. The van der Waals surface area contributed by atoms with Crippen molar-refractivity contribution in [1.29, 1.82) is 0 Å². The van der Waals surface area contributed by atoms with E-state index in [4.69, 9.17) is 0 Å². The molecule has 1 N–H and O–H groups in total. The van der Waals surface area contributed by atoms with Crippen molar-refractivity contribution < 1.29 is 9.59 Å². The second-order valence-electron chi connectivity index (χ2n) is 5.19. The summed E-state index contributed by atoms with van der Waals surface area (Å²) in [4.78, 5) is 27.3. The number of likely N-dealkylation sites (N-methyl/N-ethyl adjacent to an activating group) is 1. The van der Waals surface area contributed by atoms with Crippen LogP contribution in [0.25, 0.3) is 0 Å². The maximum absolute atomic E-state index is 12.0. The van der Waals surface area contributed by atoms with E-state index in [1.165, 1.54) is 12.8 Å². The summed E-state index contributed by atoms with van der Waals surface area (Å²) in [6, 6.07) is 0. The summed E-state index contributed by atoms with van der Waals surface area (Å²) in [5.74, 6) is 0.144. The molecule has 0 aliphatic carbocycles. The van der Waals surface area contributed by atoms with Crippen LogP contribution in [-0.4, -0.2) is 61.4 Å². The van der Waals surface area contributed by atoms with Gasteiger partial charge in [0, 0.05) is 39.6 Å². The predicted octanol–water partition coefficient (Wildman–Crippen LogP) is 0.847. The molecule has 0 atom stereocenters. The third-order valence-corrected chi connectivity index (χ3v) is 3.51. The molecule has 1 aliphatic rings. The highest BCUT2D eigenvalue weighted by Crippen LogP contribution is 2.05. The standard InChI is InChI=1S/C14H27N3O2/c1-3-4-5-6-7-13(18)16(2)12-14(19)17-10-8-15-9-11-17/h15H,3-12H2,1-2H3. The average molecular weight is 269 g/mol. The fourth-order valence-electron chi connectivity index (χ4n) is 2.20. The molecule has 5 nitrogen and oxygen atoms in total. The number of hydrogen-bond acceptors (Lipinski definition) is 3. The van der Waals surface area contributed by atoms with E-state index in [2.05, 4.69) is 12.2 Å². The van der Waals surface area contributed by atoms with Gasteiger partial charge in [0.1, 0.15) is 0 Å². The van der Waals surface area contributed by atoms with Crippen molar-refractivity contribution in [2.24, 2.45) is 0 Å². The highest BCUT2D eigenvalue weighted by atomic mass is 16.2. The molecule has 19 heavy (non-hydrogen) atoms. The van der Waals surface area contributed by atoms with Gasteiger partial charge in [-0.05, 0) is 6.42 Å². The molecule has 0 spiro atoms. The SMILES string of the molecule is CCCCCCC(=O)N(C)CC(=O)N1CCNCC1. The van der Waals surface area contributed by atoms with Gasteiger partial charge in [0.25, 0.3) is 0 Å². The van der Waals surface area contributed by atoms with Crippen LogP contribution >= 0.6 is 0 Å². The van der Waals surface area contributed by atoms with Gasteiger partial charge in [0.15, 0.2) is 0 Å². The molecule has 0 bridgehead atoms. The first kappa shape index (κ1) is 16.0. The normalized spacial score (nSPS) is 15.4. The van der Waals surface area contributed by atoms with Crippen LogP contribution in [0, 0.1) is 0 Å². The minimum atomic E-state index is 0.0610. The minimum Gasteiger partial charge on any atom is -0.339 e. The van der Waals surface area contributed by atoms with Crippen LogP contribution < -0.4 is 5.32 Å². The van der Waals surface area contributed by atoms with Gasteiger partial charge >= 0.3 is 0 Å². The van der Waals surface area contributed by atoms with E-state index >= 15 is 0 Å². The second kappa shape index (κ2) is 8.91. The number of hydrogen-bond donors (Lipinski definition) is 1. The lowest BCUT2D eigenvalue weighted by molar-refractivity contribution is -0.139. The summed E-state index contributed by atoms with van der Waals surface area (Å²) in [5, 5.41) is 3.21. The maximum atomic E-state index is 12.0. The predicted molar refractivity (Wildman–Crippen MR) is 75.8 cm³/mol. The molecule has 2 amide bonds. The Hall–Kier alpha value is -1.10. The molecule has 0 aromatic rings. The molecule has 5 heteroatoms. The molecule has 0 unspecified atom stereocenters. The third-order valence-electron chi connectivity index (χ3n) is 3.51. The lowest BCUT2D eigenvalue weighted by atomic mass is 10.1. The van der Waals surface area contributed by atoms with Gasteiger partial charge in [-0.25, -0.2) is 0 Å². The maximum Gasteiger partial charge on any atom is 0.242 e. The molecule has 1 fully saturated rings. The van der Waals surface area contributed by atoms with Crippen molar-refractivity contribution in [2.45, 2.75) is 39.0 Å². The Kier molecular flexibility index (Phi) is 7.48. The lowest BCUT2D eigenvalue weighted by Gasteiger charge is -2.29. The Morgan fingerprint density at radius 3 is 2.47 bits per heavy atom. The zero-order valence-corrected chi connectivity index (χ0v) is 12.3. The number of nitrogens with one attached hydrogen (secondary N) is 1. The van der Waals surface area contributed by atoms with E-state index in [9.17, 15) is 9.59 Å². The second-order valence-corrected chi connectivity index (χ2v) is 5.19. The van der Waals surface area contributed by atoms with Crippen molar-refractivity contribution in [3.8, 4) is 0 Å². The Morgan fingerprint density at radius 1 is 1.16 bits per heavy atom. The highest BCUT2D eigenvalue weighted by Gasteiger charge is 2.19. The fourth-order valence-corrected chi connectivity index (χ4v) is 2.20. The summed E-state index contributed by atoms with van der Waals surface area (Å²) in [7, 11) is 1.72. The molecular formula is C14H27N3O2. The number of rotatable bonds is 7. The number of unbranched alkanes of at least 4 members (excludes halogenated alkanes) is 3. The van der Waals surface area contributed by atoms with Gasteiger partial charge in [0.05, 0.1) is 6.54 Å². The lowest BCUT2D eigenvalue weighted by Crippen LogP contribution is -2.49. The molecule has 1 saturated heterocycles. The molecule has 0 saturated carbocycles.